The van der Waals surface area contributed by atoms with Crippen molar-refractivity contribution in [3.8, 4) is 28.1 Å². The number of benzene rings is 2. The van der Waals surface area contributed by atoms with Crippen molar-refractivity contribution in [2.24, 2.45) is 0 Å². The molecule has 3 heteroatoms. The lowest BCUT2D eigenvalue weighted by atomic mass is 10.0. The molecule has 1 saturated heterocycles. The number of hydrogen-bond acceptors (Lipinski definition) is 3. The first-order valence-corrected chi connectivity index (χ1v) is 10.8. The van der Waals surface area contributed by atoms with E-state index in [2.05, 4.69) is 60.4 Å². The molecule has 1 aliphatic heterocycles. The highest BCUT2D eigenvalue weighted by atomic mass is 16.7. The molecule has 0 spiro atoms. The summed E-state index contributed by atoms with van der Waals surface area (Å²) in [7, 11) is 0. The smallest absolute Gasteiger partial charge is 0.199 e. The Balaban J connectivity index is 1.39. The molecular weight excluding hydrogens is 358 g/mol. The van der Waals surface area contributed by atoms with E-state index in [1.807, 2.05) is 18.3 Å². The molecule has 1 atom stereocenters. The Labute approximate surface area is 173 Å². The van der Waals surface area contributed by atoms with Gasteiger partial charge in [0.2, 0.25) is 0 Å². The molecule has 29 heavy (non-hydrogen) atoms. The minimum atomic E-state index is -0.0974. The number of rotatable bonds is 8. The fraction of sp³-hybridized carbons (Fsp3) is 0.346. The Morgan fingerprint density at radius 1 is 0.897 bits per heavy atom. The van der Waals surface area contributed by atoms with Gasteiger partial charge in [0, 0.05) is 23.7 Å². The molecule has 1 aliphatic rings. The number of aryl methyl sites for hydroxylation is 1. The predicted molar refractivity (Wildman–Crippen MR) is 118 cm³/mol. The average molecular weight is 388 g/mol. The standard InChI is InChI=1S/C26H29NO2/c1-2-3-4-6-20-8-10-22(11-9-20)25-17-14-23(19-27-25)21-12-15-24(16-13-21)29-26-7-5-18-28-26/h8-17,19,26H,2-7,18H2,1H3. The van der Waals surface area contributed by atoms with Gasteiger partial charge < -0.3 is 9.47 Å². The summed E-state index contributed by atoms with van der Waals surface area (Å²) in [4.78, 5) is 4.68. The molecular formula is C26H29NO2. The Kier molecular flexibility index (Phi) is 6.58. The van der Waals surface area contributed by atoms with Crippen molar-refractivity contribution in [1.82, 2.24) is 4.98 Å². The number of hydrogen-bond donors (Lipinski definition) is 0. The molecule has 150 valence electrons. The van der Waals surface area contributed by atoms with E-state index in [9.17, 15) is 0 Å². The summed E-state index contributed by atoms with van der Waals surface area (Å²) in [6.45, 7) is 3.04. The largest absolute Gasteiger partial charge is 0.465 e. The van der Waals surface area contributed by atoms with Gasteiger partial charge in [0.15, 0.2) is 6.29 Å². The third kappa shape index (κ3) is 5.24. The first-order valence-electron chi connectivity index (χ1n) is 10.8. The molecule has 4 rings (SSSR count). The monoisotopic (exact) mass is 387 g/mol. The van der Waals surface area contributed by atoms with Crippen LogP contribution in [0.3, 0.4) is 0 Å². The Hall–Kier alpha value is -2.65. The van der Waals surface area contributed by atoms with Crippen LogP contribution in [0, 0.1) is 0 Å². The molecule has 2 aromatic carbocycles. The molecule has 1 aromatic heterocycles. The third-order valence-corrected chi connectivity index (χ3v) is 5.43. The van der Waals surface area contributed by atoms with Crippen molar-refractivity contribution in [2.75, 3.05) is 6.61 Å². The van der Waals surface area contributed by atoms with Crippen LogP contribution in [0.4, 0.5) is 0 Å². The summed E-state index contributed by atoms with van der Waals surface area (Å²) in [5.74, 6) is 0.851. The van der Waals surface area contributed by atoms with Gasteiger partial charge in [-0.25, -0.2) is 0 Å². The molecule has 1 fully saturated rings. The quantitative estimate of drug-likeness (QED) is 0.405. The van der Waals surface area contributed by atoms with Gasteiger partial charge in [-0.3, -0.25) is 4.98 Å². The number of unbranched alkanes of at least 4 members (excludes halogenated alkanes) is 2. The van der Waals surface area contributed by atoms with Crippen molar-refractivity contribution >= 4 is 0 Å². The lowest BCUT2D eigenvalue weighted by Gasteiger charge is -2.13. The van der Waals surface area contributed by atoms with Crippen LogP contribution in [0.2, 0.25) is 0 Å². The average Bonchev–Trinajstić information content (AvgIpc) is 3.28. The molecule has 3 nitrogen and oxygen atoms in total. The molecule has 3 aromatic rings. The number of nitrogens with zero attached hydrogens (tertiary/aromatic N) is 1. The highest BCUT2D eigenvalue weighted by Gasteiger charge is 2.16. The maximum atomic E-state index is 5.85. The van der Waals surface area contributed by atoms with Gasteiger partial charge in [-0.2, -0.15) is 0 Å². The number of ether oxygens (including phenoxy) is 2. The third-order valence-electron chi connectivity index (χ3n) is 5.43. The SMILES string of the molecule is CCCCCc1ccc(-c2ccc(-c3ccc(OC4CCCO4)cc3)cn2)cc1. The minimum absolute atomic E-state index is 0.0974. The minimum Gasteiger partial charge on any atom is -0.465 e. The maximum absolute atomic E-state index is 5.85. The van der Waals surface area contributed by atoms with Crippen LogP contribution < -0.4 is 4.74 Å². The summed E-state index contributed by atoms with van der Waals surface area (Å²) in [5.41, 5.74) is 5.82. The van der Waals surface area contributed by atoms with Crippen LogP contribution in [0.15, 0.2) is 66.9 Å². The van der Waals surface area contributed by atoms with Crippen molar-refractivity contribution in [3.05, 3.63) is 72.4 Å². The van der Waals surface area contributed by atoms with E-state index in [1.165, 1.54) is 24.8 Å². The van der Waals surface area contributed by atoms with E-state index < -0.39 is 0 Å². The fourth-order valence-electron chi connectivity index (χ4n) is 3.68. The topological polar surface area (TPSA) is 31.4 Å². The molecule has 0 amide bonds. The van der Waals surface area contributed by atoms with E-state index in [4.69, 9.17) is 9.47 Å². The zero-order valence-electron chi connectivity index (χ0n) is 17.1. The van der Waals surface area contributed by atoms with Gasteiger partial charge in [-0.1, -0.05) is 62.2 Å². The van der Waals surface area contributed by atoms with E-state index in [1.54, 1.807) is 0 Å². The van der Waals surface area contributed by atoms with Crippen molar-refractivity contribution in [1.29, 1.82) is 0 Å². The van der Waals surface area contributed by atoms with E-state index in [0.29, 0.717) is 0 Å². The van der Waals surface area contributed by atoms with Gasteiger partial charge in [0.25, 0.3) is 0 Å². The van der Waals surface area contributed by atoms with E-state index in [-0.39, 0.29) is 6.29 Å². The van der Waals surface area contributed by atoms with Gasteiger partial charge in [-0.15, -0.1) is 0 Å². The molecule has 1 unspecified atom stereocenters. The van der Waals surface area contributed by atoms with Crippen LogP contribution >= 0.6 is 0 Å². The Morgan fingerprint density at radius 2 is 1.66 bits per heavy atom. The second kappa shape index (κ2) is 9.71. The normalized spacial score (nSPS) is 16.1. The lowest BCUT2D eigenvalue weighted by molar-refractivity contribution is -0.0390. The molecule has 0 saturated carbocycles. The summed E-state index contributed by atoms with van der Waals surface area (Å²) in [6, 6.07) is 21.2. The fourth-order valence-corrected chi connectivity index (χ4v) is 3.68. The van der Waals surface area contributed by atoms with Crippen LogP contribution in [0.1, 0.15) is 44.6 Å². The zero-order chi connectivity index (χ0) is 19.9. The lowest BCUT2D eigenvalue weighted by Crippen LogP contribution is -2.13. The van der Waals surface area contributed by atoms with Gasteiger partial charge in [0.05, 0.1) is 12.3 Å². The summed E-state index contributed by atoms with van der Waals surface area (Å²) >= 11 is 0. The Morgan fingerprint density at radius 3 is 2.31 bits per heavy atom. The van der Waals surface area contributed by atoms with Gasteiger partial charge in [-0.05, 0) is 48.6 Å². The van der Waals surface area contributed by atoms with Gasteiger partial charge >= 0.3 is 0 Å². The van der Waals surface area contributed by atoms with E-state index in [0.717, 1.165) is 54.0 Å². The summed E-state index contributed by atoms with van der Waals surface area (Å²) in [5, 5.41) is 0. The number of aromatic nitrogens is 1. The maximum Gasteiger partial charge on any atom is 0.199 e. The first-order chi connectivity index (χ1) is 14.3. The van der Waals surface area contributed by atoms with E-state index >= 15 is 0 Å². The van der Waals surface area contributed by atoms with Crippen LogP contribution in [-0.2, 0) is 11.2 Å². The molecule has 0 aliphatic carbocycles. The van der Waals surface area contributed by atoms with Crippen molar-refractivity contribution < 1.29 is 9.47 Å². The van der Waals surface area contributed by atoms with Crippen LogP contribution in [-0.4, -0.2) is 17.9 Å². The molecule has 0 bridgehead atoms. The first kappa shape index (κ1) is 19.7. The summed E-state index contributed by atoms with van der Waals surface area (Å²) in [6.07, 6.45) is 8.87. The second-order valence-electron chi connectivity index (χ2n) is 7.67. The second-order valence-corrected chi connectivity index (χ2v) is 7.67. The number of pyridine rings is 1. The van der Waals surface area contributed by atoms with Gasteiger partial charge in [0.1, 0.15) is 5.75 Å². The van der Waals surface area contributed by atoms with Crippen molar-refractivity contribution in [2.45, 2.75) is 51.7 Å². The Bertz CT molecular complexity index is 880. The summed E-state index contributed by atoms with van der Waals surface area (Å²) < 4.78 is 11.4. The predicted octanol–water partition coefficient (Wildman–Crippen LogP) is 6.66. The molecule has 0 N–H and O–H groups in total. The molecule has 0 radical (unpaired) electrons. The van der Waals surface area contributed by atoms with Crippen LogP contribution in [0.5, 0.6) is 5.75 Å². The van der Waals surface area contributed by atoms with Crippen molar-refractivity contribution in [3.63, 3.8) is 0 Å². The zero-order valence-corrected chi connectivity index (χ0v) is 17.1. The molecule has 2 heterocycles. The highest BCUT2D eigenvalue weighted by molar-refractivity contribution is 5.67. The van der Waals surface area contributed by atoms with Crippen LogP contribution in [0.25, 0.3) is 22.4 Å². The highest BCUT2D eigenvalue weighted by Crippen LogP contribution is 2.26.